The minimum absolute atomic E-state index is 0.0243. The van der Waals surface area contributed by atoms with Crippen LogP contribution in [0.5, 0.6) is 0 Å². The number of rotatable bonds is 9. The number of aryl methyl sites for hydroxylation is 1. The Bertz CT molecular complexity index is 1480. The summed E-state index contributed by atoms with van der Waals surface area (Å²) in [6, 6.07) is 24.3. The maximum atomic E-state index is 14.4. The lowest BCUT2D eigenvalue weighted by molar-refractivity contribution is -0.123. The van der Waals surface area contributed by atoms with Gasteiger partial charge in [-0.2, -0.15) is 0 Å². The second-order valence-electron chi connectivity index (χ2n) is 11.5. The Balaban J connectivity index is 1.37. The molecule has 0 radical (unpaired) electrons. The molecule has 2 aromatic heterocycles. The Kier molecular flexibility index (Phi) is 8.56. The van der Waals surface area contributed by atoms with Crippen LogP contribution in [0, 0.1) is 6.92 Å². The SMILES string of the molecule is Cc1ccc(C(C(=O)NCC2CCCO2)N(C(=O)c2ccc(-c3ccccc3)[nH]2)c2ccc(C3CCCCC3)cc2)o1. The lowest BCUT2D eigenvalue weighted by Crippen LogP contribution is -2.45. The van der Waals surface area contributed by atoms with Crippen LogP contribution in [-0.4, -0.2) is 36.1 Å². The Morgan fingerprint density at radius 2 is 1.69 bits per heavy atom. The second-order valence-corrected chi connectivity index (χ2v) is 11.5. The highest BCUT2D eigenvalue weighted by molar-refractivity contribution is 6.09. The van der Waals surface area contributed by atoms with Crippen LogP contribution in [0.3, 0.4) is 0 Å². The van der Waals surface area contributed by atoms with Crippen molar-refractivity contribution >= 4 is 17.5 Å². The number of carbonyl (C=O) groups is 2. The summed E-state index contributed by atoms with van der Waals surface area (Å²) in [7, 11) is 0. The van der Waals surface area contributed by atoms with Gasteiger partial charge in [-0.15, -0.1) is 0 Å². The summed E-state index contributed by atoms with van der Waals surface area (Å²) in [5, 5.41) is 3.06. The van der Waals surface area contributed by atoms with Crippen LogP contribution in [0.1, 0.15) is 84.5 Å². The summed E-state index contributed by atoms with van der Waals surface area (Å²) in [6.07, 6.45) is 8.03. The van der Waals surface area contributed by atoms with Gasteiger partial charge >= 0.3 is 0 Å². The van der Waals surface area contributed by atoms with Gasteiger partial charge in [-0.1, -0.05) is 61.7 Å². The molecule has 2 aliphatic rings. The number of aromatic amines is 1. The van der Waals surface area contributed by atoms with Crippen molar-refractivity contribution in [2.45, 2.75) is 69.9 Å². The van der Waals surface area contributed by atoms with Gasteiger partial charge in [0.25, 0.3) is 11.8 Å². The second kappa shape index (κ2) is 12.8. The van der Waals surface area contributed by atoms with Crippen molar-refractivity contribution in [3.05, 3.63) is 102 Å². The van der Waals surface area contributed by atoms with E-state index in [2.05, 4.69) is 22.4 Å². The highest BCUT2D eigenvalue weighted by Crippen LogP contribution is 2.36. The number of hydrogen-bond donors (Lipinski definition) is 2. The Labute approximate surface area is 247 Å². The summed E-state index contributed by atoms with van der Waals surface area (Å²) in [5.41, 5.74) is 4.13. The van der Waals surface area contributed by atoms with Gasteiger partial charge in [-0.25, -0.2) is 0 Å². The number of nitrogens with one attached hydrogen (secondary N) is 2. The van der Waals surface area contributed by atoms with E-state index in [1.807, 2.05) is 61.5 Å². The molecule has 2 amide bonds. The average molecular weight is 566 g/mol. The number of carbonyl (C=O) groups excluding carboxylic acids is 2. The van der Waals surface area contributed by atoms with Gasteiger partial charge in [0, 0.05) is 24.5 Å². The van der Waals surface area contributed by atoms with Crippen LogP contribution >= 0.6 is 0 Å². The molecule has 0 bridgehead atoms. The molecule has 1 saturated heterocycles. The number of anilines is 1. The lowest BCUT2D eigenvalue weighted by atomic mass is 9.84. The number of benzene rings is 2. The summed E-state index contributed by atoms with van der Waals surface area (Å²) < 4.78 is 11.8. The van der Waals surface area contributed by atoms with E-state index in [0.717, 1.165) is 24.1 Å². The van der Waals surface area contributed by atoms with Gasteiger partial charge in [0.15, 0.2) is 6.04 Å². The van der Waals surface area contributed by atoms with Crippen molar-refractivity contribution in [3.63, 3.8) is 0 Å². The van der Waals surface area contributed by atoms with Crippen molar-refractivity contribution < 1.29 is 18.7 Å². The molecule has 3 heterocycles. The Morgan fingerprint density at radius 1 is 0.905 bits per heavy atom. The van der Waals surface area contributed by atoms with Gasteiger partial charge < -0.3 is 19.5 Å². The van der Waals surface area contributed by atoms with Gasteiger partial charge in [0.2, 0.25) is 0 Å². The molecular weight excluding hydrogens is 526 g/mol. The number of ether oxygens (including phenoxy) is 1. The minimum atomic E-state index is -1.00. The first-order valence-corrected chi connectivity index (χ1v) is 15.2. The number of amides is 2. The monoisotopic (exact) mass is 565 g/mol. The maximum Gasteiger partial charge on any atom is 0.275 e. The van der Waals surface area contributed by atoms with Gasteiger partial charge in [-0.05, 0) is 86.1 Å². The van der Waals surface area contributed by atoms with Crippen molar-refractivity contribution in [1.82, 2.24) is 10.3 Å². The van der Waals surface area contributed by atoms with E-state index < -0.39 is 6.04 Å². The molecule has 0 spiro atoms. The molecule has 7 nitrogen and oxygen atoms in total. The molecule has 2 N–H and O–H groups in total. The molecule has 4 aromatic rings. The quantitative estimate of drug-likeness (QED) is 0.223. The summed E-state index contributed by atoms with van der Waals surface area (Å²) in [5.74, 6) is 1.01. The molecule has 218 valence electrons. The third-order valence-electron chi connectivity index (χ3n) is 8.53. The Morgan fingerprint density at radius 3 is 2.38 bits per heavy atom. The van der Waals surface area contributed by atoms with Gasteiger partial charge in [0.1, 0.15) is 17.2 Å². The number of H-pyrrole nitrogens is 1. The molecule has 1 saturated carbocycles. The van der Waals surface area contributed by atoms with E-state index in [9.17, 15) is 9.59 Å². The smallest absolute Gasteiger partial charge is 0.275 e. The van der Waals surface area contributed by atoms with Crippen LogP contribution < -0.4 is 10.2 Å². The van der Waals surface area contributed by atoms with E-state index in [4.69, 9.17) is 9.15 Å². The molecule has 2 unspecified atom stereocenters. The summed E-state index contributed by atoms with van der Waals surface area (Å²) in [6.45, 7) is 2.93. The first-order chi connectivity index (χ1) is 20.6. The number of nitrogens with zero attached hydrogens (tertiary/aromatic N) is 1. The fourth-order valence-electron chi connectivity index (χ4n) is 6.25. The van der Waals surface area contributed by atoms with Crippen LogP contribution in [0.4, 0.5) is 5.69 Å². The summed E-state index contributed by atoms with van der Waals surface area (Å²) >= 11 is 0. The van der Waals surface area contributed by atoms with Gasteiger partial charge in [0.05, 0.1) is 6.10 Å². The maximum absolute atomic E-state index is 14.4. The van der Waals surface area contributed by atoms with Crippen molar-refractivity contribution in [3.8, 4) is 11.3 Å². The number of hydrogen-bond acceptors (Lipinski definition) is 4. The van der Waals surface area contributed by atoms with E-state index in [1.165, 1.54) is 37.7 Å². The predicted molar refractivity (Wildman–Crippen MR) is 163 cm³/mol. The van der Waals surface area contributed by atoms with E-state index in [0.29, 0.717) is 42.0 Å². The van der Waals surface area contributed by atoms with Crippen LogP contribution in [0.25, 0.3) is 11.3 Å². The predicted octanol–water partition coefficient (Wildman–Crippen LogP) is 7.31. The van der Waals surface area contributed by atoms with Gasteiger partial charge in [-0.3, -0.25) is 14.5 Å². The molecule has 2 atom stereocenters. The average Bonchev–Trinajstić information content (AvgIpc) is 3.82. The first-order valence-electron chi connectivity index (χ1n) is 15.2. The highest BCUT2D eigenvalue weighted by atomic mass is 16.5. The van der Waals surface area contributed by atoms with Crippen LogP contribution in [0.2, 0.25) is 0 Å². The first kappa shape index (κ1) is 28.0. The Hall–Kier alpha value is -4.10. The van der Waals surface area contributed by atoms with Crippen molar-refractivity contribution in [1.29, 1.82) is 0 Å². The fourth-order valence-corrected chi connectivity index (χ4v) is 6.25. The molecule has 2 aromatic carbocycles. The fraction of sp³-hybridized carbons (Fsp3) is 0.371. The zero-order chi connectivity index (χ0) is 28.9. The lowest BCUT2D eigenvalue weighted by Gasteiger charge is -2.30. The number of furan rings is 1. The molecular formula is C35H39N3O4. The largest absolute Gasteiger partial charge is 0.464 e. The van der Waals surface area contributed by atoms with E-state index in [1.54, 1.807) is 17.0 Å². The third kappa shape index (κ3) is 6.21. The zero-order valence-electron chi connectivity index (χ0n) is 24.2. The van der Waals surface area contributed by atoms with Crippen molar-refractivity contribution in [2.24, 2.45) is 0 Å². The minimum Gasteiger partial charge on any atom is -0.464 e. The normalized spacial score (nSPS) is 18.1. The molecule has 2 fully saturated rings. The summed E-state index contributed by atoms with van der Waals surface area (Å²) in [4.78, 5) is 33.2. The standard InChI is InChI=1S/C35H39N3O4/c1-24-14-21-32(42-24)33(34(39)36-23-29-13-8-22-41-29)38(28-17-15-26(16-18-28)25-9-4-2-5-10-25)35(40)31-20-19-30(37-31)27-11-6-3-7-12-27/h3,6-7,11-12,14-21,25,29,33,37H,2,4-5,8-10,13,22-23H2,1H3,(H,36,39). The van der Waals surface area contributed by atoms with Crippen molar-refractivity contribution in [2.75, 3.05) is 18.1 Å². The third-order valence-corrected chi connectivity index (χ3v) is 8.53. The highest BCUT2D eigenvalue weighted by Gasteiger charge is 2.37. The molecule has 1 aliphatic heterocycles. The topological polar surface area (TPSA) is 87.6 Å². The number of aromatic nitrogens is 1. The van der Waals surface area contributed by atoms with Crippen LogP contribution in [0.15, 0.2) is 83.3 Å². The molecule has 7 heteroatoms. The van der Waals surface area contributed by atoms with E-state index in [-0.39, 0.29) is 17.9 Å². The van der Waals surface area contributed by atoms with Crippen LogP contribution in [-0.2, 0) is 9.53 Å². The molecule has 1 aliphatic carbocycles. The zero-order valence-corrected chi connectivity index (χ0v) is 24.2. The van der Waals surface area contributed by atoms with E-state index >= 15 is 0 Å². The molecule has 6 rings (SSSR count). The molecule has 42 heavy (non-hydrogen) atoms.